The molecule has 0 amide bonds. The molecule has 0 spiro atoms. The van der Waals surface area contributed by atoms with Crippen molar-refractivity contribution in [1.82, 2.24) is 15.1 Å². The van der Waals surface area contributed by atoms with Crippen LogP contribution in [0.2, 0.25) is 0 Å². The Hall–Kier alpha value is -0.780. The highest BCUT2D eigenvalue weighted by atomic mass is 127. The summed E-state index contributed by atoms with van der Waals surface area (Å²) >= 11 is 0. The van der Waals surface area contributed by atoms with Crippen LogP contribution >= 0.6 is 24.0 Å². The van der Waals surface area contributed by atoms with Gasteiger partial charge in [-0.25, -0.2) is 0 Å². The zero-order valence-corrected chi connectivity index (χ0v) is 18.0. The molecule has 1 N–H and O–H groups in total. The van der Waals surface area contributed by atoms with Crippen LogP contribution < -0.4 is 5.32 Å². The van der Waals surface area contributed by atoms with Gasteiger partial charge in [-0.2, -0.15) is 13.2 Å². The van der Waals surface area contributed by atoms with Gasteiger partial charge < -0.3 is 15.0 Å². The van der Waals surface area contributed by atoms with Gasteiger partial charge in [0.25, 0.3) is 0 Å². The van der Waals surface area contributed by atoms with Crippen LogP contribution in [0.3, 0.4) is 0 Å². The van der Waals surface area contributed by atoms with Crippen molar-refractivity contribution in [2.24, 2.45) is 10.9 Å². The summed E-state index contributed by atoms with van der Waals surface area (Å²) in [6, 6.07) is 0. The number of carbonyl (C=O) groups is 1. The summed E-state index contributed by atoms with van der Waals surface area (Å²) in [5, 5.41) is 3.20. The van der Waals surface area contributed by atoms with E-state index in [4.69, 9.17) is 4.74 Å². The SMILES string of the molecule is CCNC(=NCCCN(C)CC(F)(F)F)N1CCC(C(=O)OC)CC1.I. The fourth-order valence-corrected chi connectivity index (χ4v) is 2.83. The van der Waals surface area contributed by atoms with Gasteiger partial charge in [-0.1, -0.05) is 0 Å². The third-order valence-corrected chi connectivity index (χ3v) is 4.07. The van der Waals surface area contributed by atoms with E-state index in [1.165, 1.54) is 19.1 Å². The molecule has 1 saturated heterocycles. The molecule has 1 aliphatic rings. The lowest BCUT2D eigenvalue weighted by Crippen LogP contribution is -2.46. The molecule has 0 saturated carbocycles. The second-order valence-corrected chi connectivity index (χ2v) is 6.23. The van der Waals surface area contributed by atoms with Gasteiger partial charge in [-0.15, -0.1) is 24.0 Å². The first-order valence-electron chi connectivity index (χ1n) is 8.63. The van der Waals surface area contributed by atoms with Gasteiger partial charge in [0.1, 0.15) is 0 Å². The van der Waals surface area contributed by atoms with Gasteiger partial charge in [0.05, 0.1) is 19.6 Å². The summed E-state index contributed by atoms with van der Waals surface area (Å²) in [6.07, 6.45) is -2.19. The number of rotatable bonds is 7. The molecule has 0 aromatic carbocycles. The van der Waals surface area contributed by atoms with Crippen molar-refractivity contribution in [1.29, 1.82) is 0 Å². The van der Waals surface area contributed by atoms with Crippen molar-refractivity contribution in [3.8, 4) is 0 Å². The number of aliphatic imine (C=N–C) groups is 1. The Labute approximate surface area is 170 Å². The molecule has 1 rings (SSSR count). The molecule has 1 heterocycles. The summed E-state index contributed by atoms with van der Waals surface area (Å²) in [6.45, 7) is 3.99. The van der Waals surface area contributed by atoms with Crippen molar-refractivity contribution < 1.29 is 22.7 Å². The number of halogens is 4. The zero-order valence-electron chi connectivity index (χ0n) is 15.6. The van der Waals surface area contributed by atoms with Crippen molar-refractivity contribution in [3.05, 3.63) is 0 Å². The van der Waals surface area contributed by atoms with Crippen molar-refractivity contribution in [3.63, 3.8) is 0 Å². The van der Waals surface area contributed by atoms with Gasteiger partial charge in [0.15, 0.2) is 5.96 Å². The van der Waals surface area contributed by atoms with Crippen LogP contribution in [0, 0.1) is 5.92 Å². The van der Waals surface area contributed by atoms with Crippen LogP contribution in [-0.2, 0) is 9.53 Å². The summed E-state index contributed by atoms with van der Waals surface area (Å²) < 4.78 is 41.6. The Kier molecular flexibility index (Phi) is 12.2. The van der Waals surface area contributed by atoms with Crippen molar-refractivity contribution >= 4 is 35.9 Å². The molecule has 6 nitrogen and oxygen atoms in total. The number of alkyl halides is 3. The van der Waals surface area contributed by atoms with E-state index in [9.17, 15) is 18.0 Å². The summed E-state index contributed by atoms with van der Waals surface area (Å²) in [4.78, 5) is 19.4. The van der Waals surface area contributed by atoms with E-state index < -0.39 is 12.7 Å². The number of guanidine groups is 1. The first-order chi connectivity index (χ1) is 11.8. The van der Waals surface area contributed by atoms with Crippen LogP contribution in [0.5, 0.6) is 0 Å². The van der Waals surface area contributed by atoms with E-state index in [0.29, 0.717) is 52.0 Å². The Morgan fingerprint density at radius 1 is 1.35 bits per heavy atom. The third-order valence-electron chi connectivity index (χ3n) is 4.07. The van der Waals surface area contributed by atoms with Gasteiger partial charge >= 0.3 is 12.1 Å². The zero-order chi connectivity index (χ0) is 18.9. The number of carbonyl (C=O) groups excluding carboxylic acids is 1. The molecule has 10 heteroatoms. The van der Waals surface area contributed by atoms with E-state index in [0.717, 1.165) is 5.96 Å². The van der Waals surface area contributed by atoms with Gasteiger partial charge in [0, 0.05) is 26.2 Å². The monoisotopic (exact) mass is 494 g/mol. The summed E-state index contributed by atoms with van der Waals surface area (Å²) in [7, 11) is 2.86. The number of hydrogen-bond donors (Lipinski definition) is 1. The molecule has 26 heavy (non-hydrogen) atoms. The molecular weight excluding hydrogens is 464 g/mol. The highest BCUT2D eigenvalue weighted by Gasteiger charge is 2.29. The Bertz CT molecular complexity index is 442. The fraction of sp³-hybridized carbons (Fsp3) is 0.875. The minimum absolute atomic E-state index is 0. The number of esters is 1. The largest absolute Gasteiger partial charge is 0.469 e. The van der Waals surface area contributed by atoms with E-state index in [1.807, 2.05) is 6.92 Å². The maximum atomic E-state index is 12.3. The van der Waals surface area contributed by atoms with Gasteiger partial charge in [0.2, 0.25) is 0 Å². The number of piperidine rings is 1. The molecule has 1 fully saturated rings. The number of nitrogens with zero attached hydrogens (tertiary/aromatic N) is 3. The van der Waals surface area contributed by atoms with Crippen LogP contribution in [0.4, 0.5) is 13.2 Å². The summed E-state index contributed by atoms with van der Waals surface area (Å²) in [5.74, 6) is 0.513. The molecule has 0 unspecified atom stereocenters. The van der Waals surface area contributed by atoms with Crippen molar-refractivity contribution in [2.75, 3.05) is 53.4 Å². The minimum atomic E-state index is -4.17. The van der Waals surface area contributed by atoms with Crippen LogP contribution in [-0.4, -0.2) is 81.3 Å². The normalized spacial score (nSPS) is 16.4. The molecule has 0 atom stereocenters. The molecule has 1 aliphatic heterocycles. The van der Waals surface area contributed by atoms with E-state index >= 15 is 0 Å². The van der Waals surface area contributed by atoms with E-state index in [2.05, 4.69) is 15.2 Å². The number of hydrogen-bond acceptors (Lipinski definition) is 4. The molecule has 0 aromatic heterocycles. The molecule has 154 valence electrons. The fourth-order valence-electron chi connectivity index (χ4n) is 2.83. The number of likely N-dealkylation sites (tertiary alicyclic amines) is 1. The Morgan fingerprint density at radius 3 is 2.46 bits per heavy atom. The standard InChI is InChI=1S/C16H29F3N4O2.HI/c1-4-20-15(21-8-5-9-22(2)12-16(17,18)19)23-10-6-13(7-11-23)14(24)25-3;/h13H,4-12H2,1-3H3,(H,20,21);1H. The average molecular weight is 494 g/mol. The first-order valence-corrected chi connectivity index (χ1v) is 8.63. The molecule has 0 aromatic rings. The number of nitrogens with one attached hydrogen (secondary N) is 1. The predicted molar refractivity (Wildman–Crippen MR) is 106 cm³/mol. The highest BCUT2D eigenvalue weighted by molar-refractivity contribution is 14.0. The molecule has 0 bridgehead atoms. The van der Waals surface area contributed by atoms with Crippen LogP contribution in [0.15, 0.2) is 4.99 Å². The summed E-state index contributed by atoms with van der Waals surface area (Å²) in [5.41, 5.74) is 0. The van der Waals surface area contributed by atoms with E-state index in [1.54, 1.807) is 0 Å². The molecular formula is C16H30F3IN4O2. The van der Waals surface area contributed by atoms with Gasteiger partial charge in [-0.05, 0) is 39.8 Å². The maximum Gasteiger partial charge on any atom is 0.401 e. The van der Waals surface area contributed by atoms with E-state index in [-0.39, 0.29) is 35.9 Å². The van der Waals surface area contributed by atoms with Crippen LogP contribution in [0.25, 0.3) is 0 Å². The third kappa shape index (κ3) is 9.79. The highest BCUT2D eigenvalue weighted by Crippen LogP contribution is 2.18. The minimum Gasteiger partial charge on any atom is -0.469 e. The molecule has 0 aliphatic carbocycles. The lowest BCUT2D eigenvalue weighted by molar-refractivity contribution is -0.146. The maximum absolute atomic E-state index is 12.3. The Balaban J connectivity index is 0.00000625. The molecule has 0 radical (unpaired) electrons. The second kappa shape index (κ2) is 12.6. The van der Waals surface area contributed by atoms with Crippen LogP contribution in [0.1, 0.15) is 26.2 Å². The predicted octanol–water partition coefficient (Wildman–Crippen LogP) is 2.34. The first kappa shape index (κ1) is 25.2. The lowest BCUT2D eigenvalue weighted by atomic mass is 9.97. The number of ether oxygens (including phenoxy) is 1. The average Bonchev–Trinajstić information content (AvgIpc) is 2.55. The quantitative estimate of drug-likeness (QED) is 0.194. The van der Waals surface area contributed by atoms with Crippen molar-refractivity contribution in [2.45, 2.75) is 32.4 Å². The smallest absolute Gasteiger partial charge is 0.401 e. The van der Waals surface area contributed by atoms with Gasteiger partial charge in [-0.3, -0.25) is 14.7 Å². The number of methoxy groups -OCH3 is 1. The lowest BCUT2D eigenvalue weighted by Gasteiger charge is -2.33. The topological polar surface area (TPSA) is 57.2 Å². The Morgan fingerprint density at radius 2 is 1.96 bits per heavy atom. The second-order valence-electron chi connectivity index (χ2n) is 6.23.